The molecule has 2 nitrogen and oxygen atoms in total. The lowest BCUT2D eigenvalue weighted by atomic mass is 9.60. The second-order valence-corrected chi connectivity index (χ2v) is 6.90. The molecule has 1 heterocycles. The van der Waals surface area contributed by atoms with E-state index in [2.05, 4.69) is 53.6 Å². The van der Waals surface area contributed by atoms with Gasteiger partial charge in [0.15, 0.2) is 0 Å². The van der Waals surface area contributed by atoms with E-state index >= 15 is 0 Å². The highest BCUT2D eigenvalue weighted by molar-refractivity contribution is 5.29. The zero-order valence-corrected chi connectivity index (χ0v) is 13.2. The molecular formula is C20H24N2. The molecule has 1 aromatic heterocycles. The largest absolute Gasteiger partial charge is 0.309 e. The van der Waals surface area contributed by atoms with E-state index in [4.69, 9.17) is 0 Å². The van der Waals surface area contributed by atoms with Crippen LogP contribution in [-0.2, 0) is 6.54 Å². The van der Waals surface area contributed by atoms with E-state index < -0.39 is 0 Å². The second-order valence-electron chi connectivity index (χ2n) is 6.90. The first-order valence-corrected chi connectivity index (χ1v) is 8.52. The summed E-state index contributed by atoms with van der Waals surface area (Å²) in [6.07, 6.45) is 8.09. The fourth-order valence-electron chi connectivity index (χ4n) is 4.63. The molecule has 0 spiro atoms. The summed E-state index contributed by atoms with van der Waals surface area (Å²) in [6.45, 7) is 3.11. The van der Waals surface area contributed by atoms with Gasteiger partial charge in [-0.25, -0.2) is 0 Å². The van der Waals surface area contributed by atoms with Gasteiger partial charge < -0.3 is 5.32 Å². The lowest BCUT2D eigenvalue weighted by molar-refractivity contribution is 0.0940. The Morgan fingerprint density at radius 2 is 1.91 bits per heavy atom. The molecule has 2 saturated carbocycles. The van der Waals surface area contributed by atoms with Gasteiger partial charge in [0.05, 0.1) is 0 Å². The molecule has 1 aromatic carbocycles. The fourth-order valence-corrected chi connectivity index (χ4v) is 4.63. The van der Waals surface area contributed by atoms with E-state index in [0.717, 1.165) is 18.4 Å². The van der Waals surface area contributed by atoms with Gasteiger partial charge in [-0.1, -0.05) is 36.8 Å². The Kier molecular flexibility index (Phi) is 3.71. The van der Waals surface area contributed by atoms with E-state index in [0.29, 0.717) is 12.0 Å². The number of nitrogens with one attached hydrogen (secondary N) is 1. The minimum Gasteiger partial charge on any atom is -0.309 e. The Labute approximate surface area is 133 Å². The van der Waals surface area contributed by atoms with Crippen LogP contribution in [0.2, 0.25) is 0 Å². The first-order chi connectivity index (χ1) is 10.8. The molecule has 1 N–H and O–H groups in total. The van der Waals surface area contributed by atoms with Gasteiger partial charge in [-0.15, -0.1) is 0 Å². The lowest BCUT2D eigenvalue weighted by Gasteiger charge is -2.50. The van der Waals surface area contributed by atoms with Crippen molar-refractivity contribution in [2.75, 3.05) is 0 Å². The van der Waals surface area contributed by atoms with Crippen LogP contribution in [-0.4, -0.2) is 11.0 Å². The predicted molar refractivity (Wildman–Crippen MR) is 89.6 cm³/mol. The van der Waals surface area contributed by atoms with Gasteiger partial charge in [0.1, 0.15) is 0 Å². The minimum atomic E-state index is 0.641. The maximum atomic E-state index is 4.19. The first kappa shape index (κ1) is 14.0. The summed E-state index contributed by atoms with van der Waals surface area (Å²) in [6, 6.07) is 13.9. The molecule has 0 unspecified atom stereocenters. The van der Waals surface area contributed by atoms with E-state index in [-0.39, 0.29) is 0 Å². The number of hydrogen-bond donors (Lipinski definition) is 1. The van der Waals surface area contributed by atoms with Crippen molar-refractivity contribution in [2.24, 2.45) is 11.8 Å². The van der Waals surface area contributed by atoms with Gasteiger partial charge in [-0.3, -0.25) is 4.98 Å². The normalized spacial score (nSPS) is 29.9. The van der Waals surface area contributed by atoms with Crippen molar-refractivity contribution in [2.45, 2.75) is 44.7 Å². The third-order valence-corrected chi connectivity index (χ3v) is 5.78. The number of rotatable bonds is 4. The van der Waals surface area contributed by atoms with Crippen molar-refractivity contribution in [3.05, 3.63) is 65.5 Å². The Balaban J connectivity index is 1.51. The third-order valence-electron chi connectivity index (χ3n) is 5.78. The van der Waals surface area contributed by atoms with E-state index in [1.54, 1.807) is 0 Å². The number of nitrogens with zero attached hydrogens (tertiary/aromatic N) is 1. The summed E-state index contributed by atoms with van der Waals surface area (Å²) in [5.74, 6) is 2.49. The van der Waals surface area contributed by atoms with E-state index in [9.17, 15) is 0 Å². The third kappa shape index (κ3) is 2.36. The first-order valence-electron chi connectivity index (χ1n) is 8.52. The van der Waals surface area contributed by atoms with Crippen molar-refractivity contribution < 1.29 is 0 Å². The summed E-state index contributed by atoms with van der Waals surface area (Å²) in [5, 5.41) is 3.87. The standard InChI is InChI=1S/C20H24N2/c1-14-12-21-11-10-16(14)13-22-20-18-9-5-8-17(18)19(20)15-6-3-2-4-7-15/h2-4,6-7,10-12,17-20,22H,5,8-9,13H2,1H3/t17-,18-,19+,20+/m0/s1. The molecular weight excluding hydrogens is 268 g/mol. The number of benzene rings is 1. The van der Waals surface area contributed by atoms with Gasteiger partial charge in [0.25, 0.3) is 0 Å². The highest BCUT2D eigenvalue weighted by Crippen LogP contribution is 2.55. The molecule has 4 atom stereocenters. The van der Waals surface area contributed by atoms with Crippen LogP contribution in [0, 0.1) is 18.8 Å². The Morgan fingerprint density at radius 1 is 1.09 bits per heavy atom. The fraction of sp³-hybridized carbons (Fsp3) is 0.450. The molecule has 0 saturated heterocycles. The maximum Gasteiger partial charge on any atom is 0.0300 e. The molecule has 0 radical (unpaired) electrons. The van der Waals surface area contributed by atoms with Crippen LogP contribution in [0.1, 0.15) is 41.9 Å². The summed E-state index contributed by atoms with van der Waals surface area (Å²) in [7, 11) is 0. The van der Waals surface area contributed by atoms with Gasteiger partial charge in [-0.05, 0) is 54.4 Å². The van der Waals surface area contributed by atoms with Crippen LogP contribution in [0.5, 0.6) is 0 Å². The zero-order valence-electron chi connectivity index (χ0n) is 13.2. The van der Waals surface area contributed by atoms with Gasteiger partial charge in [0, 0.05) is 30.9 Å². The second kappa shape index (κ2) is 5.85. The van der Waals surface area contributed by atoms with Crippen LogP contribution >= 0.6 is 0 Å². The average molecular weight is 292 g/mol. The Bertz CT molecular complexity index is 637. The SMILES string of the molecule is Cc1cnccc1CN[C@@H]1[C@H]2CCC[C@@H]2[C@H]1c1ccccc1. The number of aromatic nitrogens is 1. The van der Waals surface area contributed by atoms with Crippen LogP contribution in [0.25, 0.3) is 0 Å². The van der Waals surface area contributed by atoms with Crippen molar-refractivity contribution in [1.82, 2.24) is 10.3 Å². The Morgan fingerprint density at radius 3 is 2.73 bits per heavy atom. The number of aryl methyl sites for hydroxylation is 1. The van der Waals surface area contributed by atoms with Crippen LogP contribution in [0.15, 0.2) is 48.8 Å². The summed E-state index contributed by atoms with van der Waals surface area (Å²) < 4.78 is 0. The molecule has 0 aliphatic heterocycles. The quantitative estimate of drug-likeness (QED) is 0.919. The van der Waals surface area contributed by atoms with Crippen molar-refractivity contribution in [1.29, 1.82) is 0 Å². The molecule has 2 aromatic rings. The molecule has 22 heavy (non-hydrogen) atoms. The number of fused-ring (bicyclic) bond motifs is 1. The topological polar surface area (TPSA) is 24.9 Å². The highest BCUT2D eigenvalue weighted by Gasteiger charge is 2.52. The van der Waals surface area contributed by atoms with Crippen molar-refractivity contribution in [3.63, 3.8) is 0 Å². The monoisotopic (exact) mass is 292 g/mol. The number of pyridine rings is 1. The molecule has 0 amide bonds. The molecule has 0 bridgehead atoms. The van der Waals surface area contributed by atoms with Gasteiger partial charge >= 0.3 is 0 Å². The Hall–Kier alpha value is -1.67. The molecule has 114 valence electrons. The lowest BCUT2D eigenvalue weighted by Crippen LogP contribution is -2.54. The average Bonchev–Trinajstić information content (AvgIpc) is 2.94. The molecule has 2 heteroatoms. The predicted octanol–water partition coefficient (Wildman–Crippen LogP) is 4.06. The smallest absolute Gasteiger partial charge is 0.0300 e. The molecule has 4 rings (SSSR count). The number of hydrogen-bond acceptors (Lipinski definition) is 2. The van der Waals surface area contributed by atoms with Crippen LogP contribution in [0.3, 0.4) is 0 Å². The zero-order chi connectivity index (χ0) is 14.9. The van der Waals surface area contributed by atoms with Crippen molar-refractivity contribution in [3.8, 4) is 0 Å². The molecule has 2 fully saturated rings. The van der Waals surface area contributed by atoms with Crippen molar-refractivity contribution >= 4 is 0 Å². The van der Waals surface area contributed by atoms with Gasteiger partial charge in [-0.2, -0.15) is 0 Å². The summed E-state index contributed by atoms with van der Waals surface area (Å²) in [4.78, 5) is 4.19. The van der Waals surface area contributed by atoms with E-state index in [1.165, 1.54) is 36.0 Å². The molecule has 2 aliphatic rings. The maximum absolute atomic E-state index is 4.19. The van der Waals surface area contributed by atoms with E-state index in [1.807, 2.05) is 12.4 Å². The summed E-state index contributed by atoms with van der Waals surface area (Å²) >= 11 is 0. The van der Waals surface area contributed by atoms with Crippen LogP contribution < -0.4 is 5.32 Å². The summed E-state index contributed by atoms with van der Waals surface area (Å²) in [5.41, 5.74) is 4.19. The highest BCUT2D eigenvalue weighted by atomic mass is 15.0. The van der Waals surface area contributed by atoms with Crippen LogP contribution in [0.4, 0.5) is 0 Å². The van der Waals surface area contributed by atoms with Gasteiger partial charge in [0.2, 0.25) is 0 Å². The molecule has 2 aliphatic carbocycles. The minimum absolute atomic E-state index is 0.641.